The first-order valence-electron chi connectivity index (χ1n) is 5.48. The molecule has 0 N–H and O–H groups in total. The van der Waals surface area contributed by atoms with E-state index in [4.69, 9.17) is 4.74 Å². The quantitative estimate of drug-likeness (QED) is 0.703. The highest BCUT2D eigenvalue weighted by atomic mass is 16.5. The largest absolute Gasteiger partial charge is 0.457 e. The Morgan fingerprint density at radius 1 is 0.889 bits per heavy atom. The van der Waals surface area contributed by atoms with E-state index in [1.165, 1.54) is 0 Å². The highest BCUT2D eigenvalue weighted by molar-refractivity contribution is 5.40. The van der Waals surface area contributed by atoms with Gasteiger partial charge in [0.15, 0.2) is 0 Å². The molecule has 0 atom stereocenters. The predicted octanol–water partition coefficient (Wildman–Crippen LogP) is 2.45. The van der Waals surface area contributed by atoms with Crippen molar-refractivity contribution >= 4 is 0 Å². The maximum absolute atomic E-state index is 5.74. The molecule has 0 fully saturated rings. The fraction of sp³-hybridized carbons (Fsp3) is 0. The van der Waals surface area contributed by atoms with Crippen molar-refractivity contribution < 1.29 is 4.74 Å². The number of rotatable bonds is 3. The number of benzene rings is 2. The van der Waals surface area contributed by atoms with Gasteiger partial charge in [0.25, 0.3) is 0 Å². The van der Waals surface area contributed by atoms with Gasteiger partial charge in [0.05, 0.1) is 5.69 Å². The Labute approximate surface area is 104 Å². The molecule has 2 aromatic carbocycles. The molecule has 5 nitrogen and oxygen atoms in total. The molecular formula is C13H10N4O. The second-order valence-electron chi connectivity index (χ2n) is 3.67. The molecule has 1 heterocycles. The molecule has 0 aliphatic carbocycles. The van der Waals surface area contributed by atoms with Gasteiger partial charge in [-0.15, -0.1) is 5.10 Å². The second-order valence-corrected chi connectivity index (χ2v) is 3.67. The summed E-state index contributed by atoms with van der Waals surface area (Å²) in [5, 5.41) is 11.0. The summed E-state index contributed by atoms with van der Waals surface area (Å²) in [7, 11) is 0. The summed E-state index contributed by atoms with van der Waals surface area (Å²) in [6.45, 7) is 0. The number of hydrogen-bond acceptors (Lipinski definition) is 4. The van der Waals surface area contributed by atoms with E-state index in [-0.39, 0.29) is 0 Å². The van der Waals surface area contributed by atoms with Crippen molar-refractivity contribution in [3.05, 3.63) is 60.9 Å². The summed E-state index contributed by atoms with van der Waals surface area (Å²) in [6.07, 6.45) is 1.54. The van der Waals surface area contributed by atoms with Crippen LogP contribution in [0, 0.1) is 0 Å². The zero-order chi connectivity index (χ0) is 12.2. The minimum Gasteiger partial charge on any atom is -0.457 e. The summed E-state index contributed by atoms with van der Waals surface area (Å²) < 4.78 is 7.32. The lowest BCUT2D eigenvalue weighted by Crippen LogP contribution is -1.95. The third-order valence-electron chi connectivity index (χ3n) is 2.41. The summed E-state index contributed by atoms with van der Waals surface area (Å²) in [5.74, 6) is 1.54. The van der Waals surface area contributed by atoms with Gasteiger partial charge in [-0.1, -0.05) is 24.3 Å². The second kappa shape index (κ2) is 4.67. The highest BCUT2D eigenvalue weighted by Crippen LogP contribution is 2.22. The number of nitrogens with zero attached hydrogens (tertiary/aromatic N) is 4. The number of ether oxygens (including phenoxy) is 1. The molecule has 18 heavy (non-hydrogen) atoms. The Bertz CT molecular complexity index is 623. The van der Waals surface area contributed by atoms with Crippen LogP contribution in [0.1, 0.15) is 0 Å². The minimum absolute atomic E-state index is 0.745. The molecule has 88 valence electrons. The number of para-hydroxylation sites is 1. The van der Waals surface area contributed by atoms with Crippen LogP contribution in [-0.2, 0) is 0 Å². The standard InChI is InChI=1S/C13H10N4O/c1-2-6-12(7-3-1)18-13-8-4-5-11(9-13)17-10-14-15-16-17/h1-10H. The Morgan fingerprint density at radius 3 is 2.50 bits per heavy atom. The van der Waals surface area contributed by atoms with Gasteiger partial charge in [0, 0.05) is 6.07 Å². The van der Waals surface area contributed by atoms with Gasteiger partial charge >= 0.3 is 0 Å². The molecule has 0 saturated heterocycles. The molecule has 0 aliphatic heterocycles. The monoisotopic (exact) mass is 238 g/mol. The van der Waals surface area contributed by atoms with Crippen molar-refractivity contribution in [2.24, 2.45) is 0 Å². The van der Waals surface area contributed by atoms with Crippen LogP contribution in [0.25, 0.3) is 5.69 Å². The van der Waals surface area contributed by atoms with Crippen molar-refractivity contribution in [3.63, 3.8) is 0 Å². The minimum atomic E-state index is 0.745. The third kappa shape index (κ3) is 2.20. The topological polar surface area (TPSA) is 52.8 Å². The van der Waals surface area contributed by atoms with Crippen molar-refractivity contribution in [1.82, 2.24) is 20.2 Å². The van der Waals surface area contributed by atoms with Crippen molar-refractivity contribution in [3.8, 4) is 17.2 Å². The number of tetrazole rings is 1. The van der Waals surface area contributed by atoms with Crippen LogP contribution in [0.15, 0.2) is 60.9 Å². The number of hydrogen-bond donors (Lipinski definition) is 0. The van der Waals surface area contributed by atoms with Gasteiger partial charge in [-0.2, -0.15) is 0 Å². The van der Waals surface area contributed by atoms with Gasteiger partial charge < -0.3 is 4.74 Å². The maximum Gasteiger partial charge on any atom is 0.143 e. The van der Waals surface area contributed by atoms with E-state index < -0.39 is 0 Å². The Kier molecular flexibility index (Phi) is 2.71. The smallest absolute Gasteiger partial charge is 0.143 e. The lowest BCUT2D eigenvalue weighted by atomic mass is 10.3. The van der Waals surface area contributed by atoms with Gasteiger partial charge in [0.2, 0.25) is 0 Å². The highest BCUT2D eigenvalue weighted by Gasteiger charge is 2.01. The molecule has 3 rings (SSSR count). The van der Waals surface area contributed by atoms with E-state index in [1.54, 1.807) is 11.0 Å². The molecule has 0 unspecified atom stereocenters. The van der Waals surface area contributed by atoms with Crippen molar-refractivity contribution in [1.29, 1.82) is 0 Å². The summed E-state index contributed by atoms with van der Waals surface area (Å²) in [5.41, 5.74) is 0.855. The van der Waals surface area contributed by atoms with Crippen LogP contribution >= 0.6 is 0 Å². The zero-order valence-corrected chi connectivity index (χ0v) is 9.47. The average Bonchev–Trinajstić information content (AvgIpc) is 2.94. The fourth-order valence-corrected chi connectivity index (χ4v) is 1.59. The summed E-state index contributed by atoms with van der Waals surface area (Å²) in [4.78, 5) is 0. The Morgan fingerprint density at radius 2 is 1.72 bits per heavy atom. The van der Waals surface area contributed by atoms with E-state index >= 15 is 0 Å². The molecular weight excluding hydrogens is 228 g/mol. The Balaban J connectivity index is 1.88. The first kappa shape index (κ1) is 10.5. The van der Waals surface area contributed by atoms with E-state index in [9.17, 15) is 0 Å². The van der Waals surface area contributed by atoms with E-state index in [1.807, 2.05) is 54.6 Å². The average molecular weight is 238 g/mol. The predicted molar refractivity (Wildman–Crippen MR) is 65.7 cm³/mol. The molecule has 3 aromatic rings. The molecule has 0 spiro atoms. The summed E-state index contributed by atoms with van der Waals surface area (Å²) >= 11 is 0. The molecule has 0 bridgehead atoms. The molecule has 1 aromatic heterocycles. The van der Waals surface area contributed by atoms with Crippen LogP contribution < -0.4 is 4.74 Å². The van der Waals surface area contributed by atoms with Crippen LogP contribution in [0.2, 0.25) is 0 Å². The molecule has 0 amide bonds. The Hall–Kier alpha value is -2.69. The molecule has 0 radical (unpaired) electrons. The van der Waals surface area contributed by atoms with Crippen molar-refractivity contribution in [2.75, 3.05) is 0 Å². The van der Waals surface area contributed by atoms with Crippen LogP contribution in [0.4, 0.5) is 0 Å². The summed E-state index contributed by atoms with van der Waals surface area (Å²) in [6, 6.07) is 17.2. The van der Waals surface area contributed by atoms with Crippen molar-refractivity contribution in [2.45, 2.75) is 0 Å². The normalized spacial score (nSPS) is 10.2. The first-order chi connectivity index (χ1) is 8.92. The SMILES string of the molecule is c1ccc(Oc2cccc(-n3cnnn3)c2)cc1. The zero-order valence-electron chi connectivity index (χ0n) is 9.47. The van der Waals surface area contributed by atoms with Gasteiger partial charge in [-0.3, -0.25) is 0 Å². The van der Waals surface area contributed by atoms with Gasteiger partial charge in [-0.05, 0) is 34.7 Å². The molecule has 5 heteroatoms. The van der Waals surface area contributed by atoms with Crippen LogP contribution in [-0.4, -0.2) is 20.2 Å². The fourth-order valence-electron chi connectivity index (χ4n) is 1.59. The lowest BCUT2D eigenvalue weighted by molar-refractivity contribution is 0.482. The van der Waals surface area contributed by atoms with E-state index in [0.717, 1.165) is 17.2 Å². The lowest BCUT2D eigenvalue weighted by Gasteiger charge is -2.06. The third-order valence-corrected chi connectivity index (χ3v) is 2.41. The van der Waals surface area contributed by atoms with E-state index in [0.29, 0.717) is 0 Å². The van der Waals surface area contributed by atoms with Crippen LogP contribution in [0.5, 0.6) is 11.5 Å². The van der Waals surface area contributed by atoms with Crippen LogP contribution in [0.3, 0.4) is 0 Å². The van der Waals surface area contributed by atoms with Gasteiger partial charge in [0.1, 0.15) is 17.8 Å². The maximum atomic E-state index is 5.74. The molecule has 0 aliphatic rings. The van der Waals surface area contributed by atoms with E-state index in [2.05, 4.69) is 15.5 Å². The first-order valence-corrected chi connectivity index (χ1v) is 5.48. The number of aromatic nitrogens is 4. The molecule has 0 saturated carbocycles. The van der Waals surface area contributed by atoms with Gasteiger partial charge in [-0.25, -0.2) is 4.68 Å².